The normalized spacial score (nSPS) is 20.5. The van der Waals surface area contributed by atoms with Crippen LogP contribution < -0.4 is 26.8 Å². The van der Waals surface area contributed by atoms with Gasteiger partial charge >= 0.3 is 29.7 Å². The van der Waals surface area contributed by atoms with Crippen molar-refractivity contribution in [3.8, 4) is 0 Å². The van der Waals surface area contributed by atoms with Gasteiger partial charge in [-0.05, 0) is 32.4 Å². The van der Waals surface area contributed by atoms with Crippen molar-refractivity contribution in [1.29, 1.82) is 0 Å². The van der Waals surface area contributed by atoms with Gasteiger partial charge in [-0.3, -0.25) is 28.7 Å². The first-order valence-corrected chi connectivity index (χ1v) is 16.0. The highest BCUT2D eigenvalue weighted by Gasteiger charge is 2.56. The molecule has 19 nitrogen and oxygen atoms in total. The first-order chi connectivity index (χ1) is 24.2. The Balaban J connectivity index is 2.01. The van der Waals surface area contributed by atoms with Crippen molar-refractivity contribution in [2.45, 2.75) is 82.9 Å². The third-order valence-electron chi connectivity index (χ3n) is 7.67. The van der Waals surface area contributed by atoms with Crippen LogP contribution >= 0.6 is 0 Å². The number of alkyl carbamates (subject to hydrolysis) is 1. The molecule has 3 rings (SSSR count). The second-order valence-corrected chi connectivity index (χ2v) is 11.4. The molecule has 8 atom stereocenters. The molecule has 1 unspecified atom stereocenters. The molecule has 0 bridgehead atoms. The Bertz CT molecular complexity index is 1630. The number of ether oxygens (including phenoxy) is 5. The number of amides is 2. The second-order valence-electron chi connectivity index (χ2n) is 11.4. The van der Waals surface area contributed by atoms with E-state index in [9.17, 15) is 43.8 Å². The number of nitrogens with one attached hydrogen (secondary N) is 3. The number of carbonyl (C=O) groups excluding carboxylic acids is 5. The minimum absolute atomic E-state index is 0.0181. The highest BCUT2D eigenvalue weighted by molar-refractivity contribution is 5.86. The number of para-hydroxylation sites is 1. The summed E-state index contributed by atoms with van der Waals surface area (Å²) >= 11 is 0. The fourth-order valence-electron chi connectivity index (χ4n) is 5.50. The van der Waals surface area contributed by atoms with Gasteiger partial charge in [-0.15, -0.1) is 0 Å². The smallest absolute Gasteiger partial charge is 0.407 e. The Kier molecular flexibility index (Phi) is 14.7. The van der Waals surface area contributed by atoms with E-state index in [4.69, 9.17) is 18.9 Å². The van der Waals surface area contributed by atoms with Gasteiger partial charge in [0.15, 0.2) is 24.5 Å². The van der Waals surface area contributed by atoms with E-state index in [-0.39, 0.29) is 26.1 Å². The molecule has 1 saturated heterocycles. The van der Waals surface area contributed by atoms with Crippen LogP contribution in [0.4, 0.5) is 10.5 Å². The van der Waals surface area contributed by atoms with Gasteiger partial charge in [0.25, 0.3) is 5.56 Å². The Morgan fingerprint density at radius 2 is 1.67 bits per heavy atom. The fourth-order valence-corrected chi connectivity index (χ4v) is 5.50. The summed E-state index contributed by atoms with van der Waals surface area (Å²) in [7, 11) is 1.10. The lowest BCUT2D eigenvalue weighted by Crippen LogP contribution is -2.57. The van der Waals surface area contributed by atoms with Gasteiger partial charge in [-0.25, -0.2) is 14.4 Å². The number of methoxy groups -OCH3 is 1. The molecule has 2 aromatic rings. The summed E-state index contributed by atoms with van der Waals surface area (Å²) < 4.78 is 27.7. The molecule has 0 saturated carbocycles. The fraction of sp³-hybridized carbons (Fsp3) is 0.531. The van der Waals surface area contributed by atoms with Crippen LogP contribution in [0.25, 0.3) is 0 Å². The number of carbonyl (C=O) groups is 5. The molecule has 0 aliphatic carbocycles. The molecule has 1 aliphatic heterocycles. The molecule has 1 aromatic carbocycles. The Morgan fingerprint density at radius 1 is 1.02 bits per heavy atom. The summed E-state index contributed by atoms with van der Waals surface area (Å²) in [6, 6.07) is 6.45. The van der Waals surface area contributed by atoms with E-state index in [1.54, 1.807) is 37.3 Å². The monoisotopic (exact) mass is 721 g/mol. The number of aliphatic hydroxyl groups is 2. The van der Waals surface area contributed by atoms with Gasteiger partial charge in [0.1, 0.15) is 18.2 Å². The summed E-state index contributed by atoms with van der Waals surface area (Å²) in [6.07, 6.45) is -9.15. The minimum atomic E-state index is -1.89. The van der Waals surface area contributed by atoms with E-state index in [1.807, 2.05) is 0 Å². The van der Waals surface area contributed by atoms with Gasteiger partial charge in [-0.1, -0.05) is 18.2 Å². The Morgan fingerprint density at radius 3 is 2.24 bits per heavy atom. The van der Waals surface area contributed by atoms with Gasteiger partial charge in [0, 0.05) is 44.9 Å². The first kappa shape index (κ1) is 40.2. The number of rotatable bonds is 16. The predicted molar refractivity (Wildman–Crippen MR) is 175 cm³/mol. The van der Waals surface area contributed by atoms with Crippen LogP contribution in [0.1, 0.15) is 40.3 Å². The number of hydrogen-bond donors (Lipinski definition) is 5. The average Bonchev–Trinajstić information content (AvgIpc) is 3.40. The van der Waals surface area contributed by atoms with Crippen LogP contribution in [0.3, 0.4) is 0 Å². The van der Waals surface area contributed by atoms with E-state index in [0.717, 1.165) is 37.8 Å². The zero-order valence-electron chi connectivity index (χ0n) is 28.7. The summed E-state index contributed by atoms with van der Waals surface area (Å²) in [4.78, 5) is 90.8. The number of benzene rings is 1. The topological polar surface area (TPSA) is 254 Å². The average molecular weight is 722 g/mol. The van der Waals surface area contributed by atoms with Crippen molar-refractivity contribution in [3.05, 3.63) is 63.4 Å². The van der Waals surface area contributed by atoms with Gasteiger partial charge in [-0.2, -0.15) is 0 Å². The molecule has 1 fully saturated rings. The SMILES string of the molecule is CCOC(=O)C([C@@H](O)[C@H]1O[C@@H](n2ccc(=O)[nH]c2=O)[C@H](OC(C)=O)[C@@H]1OC(C)=O)N(CCCNC(=O)[C@@H](NC(=O)OC)[C@H](C)O)c1ccccc1. The number of nitrogens with zero attached hydrogens (tertiary/aromatic N) is 2. The summed E-state index contributed by atoms with van der Waals surface area (Å²) in [5.74, 6) is -3.36. The molecule has 5 N–H and O–H groups in total. The van der Waals surface area contributed by atoms with Gasteiger partial charge < -0.3 is 49.4 Å². The molecule has 0 radical (unpaired) electrons. The minimum Gasteiger partial charge on any atom is -0.464 e. The van der Waals surface area contributed by atoms with Crippen molar-refractivity contribution in [2.75, 3.05) is 31.7 Å². The Labute approximate surface area is 291 Å². The number of H-pyrrole nitrogens is 1. The predicted octanol–water partition coefficient (Wildman–Crippen LogP) is -1.29. The van der Waals surface area contributed by atoms with Crippen LogP contribution in [0.15, 0.2) is 52.2 Å². The number of esters is 3. The molecule has 2 amide bonds. The molecule has 280 valence electrons. The van der Waals surface area contributed by atoms with Crippen molar-refractivity contribution >= 4 is 35.6 Å². The molecular formula is C32H43N5O14. The number of aromatic nitrogens is 2. The van der Waals surface area contributed by atoms with Crippen LogP contribution in [-0.2, 0) is 42.9 Å². The maximum Gasteiger partial charge on any atom is 0.407 e. The van der Waals surface area contributed by atoms with Crippen molar-refractivity contribution < 1.29 is 57.9 Å². The van der Waals surface area contributed by atoms with Gasteiger partial charge in [0.2, 0.25) is 5.91 Å². The van der Waals surface area contributed by atoms with Crippen LogP contribution in [0, 0.1) is 0 Å². The second kappa shape index (κ2) is 18.6. The molecule has 2 heterocycles. The summed E-state index contributed by atoms with van der Waals surface area (Å²) in [5, 5.41) is 26.9. The molecule has 1 aromatic heterocycles. The molecule has 51 heavy (non-hydrogen) atoms. The number of anilines is 1. The number of aromatic amines is 1. The van der Waals surface area contributed by atoms with E-state index in [1.165, 1.54) is 11.8 Å². The highest BCUT2D eigenvalue weighted by atomic mass is 16.6. The van der Waals surface area contributed by atoms with E-state index in [2.05, 4.69) is 20.4 Å². The zero-order chi connectivity index (χ0) is 37.8. The van der Waals surface area contributed by atoms with Crippen molar-refractivity contribution in [3.63, 3.8) is 0 Å². The molecular weight excluding hydrogens is 678 g/mol. The summed E-state index contributed by atoms with van der Waals surface area (Å²) in [6.45, 7) is 4.84. The lowest BCUT2D eigenvalue weighted by atomic mass is 9.97. The van der Waals surface area contributed by atoms with Crippen LogP contribution in [0.2, 0.25) is 0 Å². The van der Waals surface area contributed by atoms with Crippen molar-refractivity contribution in [1.82, 2.24) is 20.2 Å². The lowest BCUT2D eigenvalue weighted by Gasteiger charge is -2.37. The maximum atomic E-state index is 13.7. The van der Waals surface area contributed by atoms with E-state index < -0.39 is 90.0 Å². The zero-order valence-corrected chi connectivity index (χ0v) is 28.7. The van der Waals surface area contributed by atoms with Crippen LogP contribution in [0.5, 0.6) is 0 Å². The maximum absolute atomic E-state index is 13.7. The summed E-state index contributed by atoms with van der Waals surface area (Å²) in [5.41, 5.74) is -1.28. The van der Waals surface area contributed by atoms with Crippen molar-refractivity contribution in [2.24, 2.45) is 0 Å². The van der Waals surface area contributed by atoms with E-state index in [0.29, 0.717) is 5.69 Å². The van der Waals surface area contributed by atoms with Crippen LogP contribution in [-0.4, -0.2) is 119 Å². The number of aliphatic hydroxyl groups excluding tert-OH is 2. The first-order valence-electron chi connectivity index (χ1n) is 16.0. The highest BCUT2D eigenvalue weighted by Crippen LogP contribution is 2.37. The standard InChI is InChI=1S/C32H43N5O14/c1-6-48-30(44)23(36(20-11-8-7-9-12-20)15-10-14-33-28(43)22(17(2)38)35-32(46)47-5)24(42)25-26(49-18(3)39)27(50-19(4)40)29(51-25)37-16-13-21(41)34-31(37)45/h7-9,11-13,16-17,22-27,29,38,42H,6,10,14-15H2,1-5H3,(H,33,43)(H,35,46)(H,34,41,45)/t17-,22-,23?,24+,25+,26+,27+,29+/m0/s1. The Hall–Kier alpha value is -5.27. The molecule has 19 heteroatoms. The van der Waals surface area contributed by atoms with Gasteiger partial charge in [0.05, 0.1) is 19.8 Å². The largest absolute Gasteiger partial charge is 0.464 e. The number of hydrogen-bond acceptors (Lipinski definition) is 15. The third kappa shape index (κ3) is 10.6. The third-order valence-corrected chi connectivity index (χ3v) is 7.67. The molecule has 1 aliphatic rings. The lowest BCUT2D eigenvalue weighted by molar-refractivity contribution is -0.167. The molecule has 0 spiro atoms. The quantitative estimate of drug-likeness (QED) is 0.0768. The van der Waals surface area contributed by atoms with E-state index >= 15 is 0 Å².